The van der Waals surface area contributed by atoms with Crippen LogP contribution < -0.4 is 15.5 Å². The van der Waals surface area contributed by atoms with Crippen molar-refractivity contribution in [2.24, 2.45) is 4.99 Å². The normalized spacial score (nSPS) is 16.0. The van der Waals surface area contributed by atoms with E-state index in [1.165, 1.54) is 6.07 Å². The van der Waals surface area contributed by atoms with Crippen LogP contribution >= 0.6 is 24.0 Å². The maximum absolute atomic E-state index is 14.1. The van der Waals surface area contributed by atoms with Crippen LogP contribution in [-0.2, 0) is 6.54 Å². The Morgan fingerprint density at radius 3 is 2.81 bits per heavy atom. The van der Waals surface area contributed by atoms with Crippen molar-refractivity contribution in [2.45, 2.75) is 32.9 Å². The number of rotatable bonds is 6. The number of aliphatic imine (C=N–C) groups is 1. The lowest BCUT2D eigenvalue weighted by Crippen LogP contribution is -2.44. The minimum atomic E-state index is -0.283. The molecular weight excluding hydrogens is 520 g/mol. The Bertz CT molecular complexity index is 1050. The lowest BCUT2D eigenvalue weighted by atomic mass is 10.2. The van der Waals surface area contributed by atoms with Gasteiger partial charge in [0.2, 0.25) is 0 Å². The van der Waals surface area contributed by atoms with E-state index in [1.54, 1.807) is 12.3 Å². The van der Waals surface area contributed by atoms with Crippen LogP contribution in [0.2, 0.25) is 0 Å². The van der Waals surface area contributed by atoms with E-state index in [9.17, 15) is 4.39 Å². The average Bonchev–Trinajstić information content (AvgIpc) is 3.42. The predicted octanol–water partition coefficient (Wildman–Crippen LogP) is 3.67. The summed E-state index contributed by atoms with van der Waals surface area (Å²) in [5.41, 5.74) is 3.09. The number of pyridine rings is 1. The second-order valence-corrected chi connectivity index (χ2v) is 7.61. The molecule has 3 aromatic rings. The van der Waals surface area contributed by atoms with Crippen molar-refractivity contribution in [2.75, 3.05) is 24.5 Å². The summed E-state index contributed by atoms with van der Waals surface area (Å²) in [5.74, 6) is 0.883. The van der Waals surface area contributed by atoms with Crippen LogP contribution in [0.1, 0.15) is 24.6 Å². The van der Waals surface area contributed by atoms with E-state index in [-0.39, 0.29) is 35.8 Å². The van der Waals surface area contributed by atoms with Crippen LogP contribution in [0.25, 0.3) is 5.69 Å². The van der Waals surface area contributed by atoms with Gasteiger partial charge in [0.1, 0.15) is 0 Å². The third kappa shape index (κ3) is 5.76. The van der Waals surface area contributed by atoms with E-state index in [4.69, 9.17) is 4.99 Å². The van der Waals surface area contributed by atoms with Crippen LogP contribution in [-0.4, -0.2) is 46.4 Å². The summed E-state index contributed by atoms with van der Waals surface area (Å²) >= 11 is 0. The zero-order valence-electron chi connectivity index (χ0n) is 18.3. The number of halogens is 2. The molecule has 0 spiro atoms. The molecule has 1 saturated heterocycles. The number of nitrogens with one attached hydrogen (secondary N) is 2. The van der Waals surface area contributed by atoms with E-state index < -0.39 is 0 Å². The first-order chi connectivity index (χ1) is 15.1. The molecule has 0 saturated carbocycles. The van der Waals surface area contributed by atoms with E-state index >= 15 is 0 Å². The first-order valence-electron chi connectivity index (χ1n) is 10.6. The number of guanidine groups is 1. The minimum absolute atomic E-state index is 0. The smallest absolute Gasteiger partial charge is 0.191 e. The second-order valence-electron chi connectivity index (χ2n) is 7.61. The molecule has 7 nitrogen and oxygen atoms in total. The third-order valence-corrected chi connectivity index (χ3v) is 5.28. The number of aromatic nitrogens is 3. The molecule has 0 amide bonds. The van der Waals surface area contributed by atoms with Gasteiger partial charge in [-0.3, -0.25) is 0 Å². The van der Waals surface area contributed by atoms with E-state index in [0.29, 0.717) is 18.9 Å². The number of hydrogen-bond acceptors (Lipinski definition) is 4. The van der Waals surface area contributed by atoms with Crippen LogP contribution in [0.4, 0.5) is 10.2 Å². The fraction of sp³-hybridized carbons (Fsp3) is 0.348. The Balaban J connectivity index is 0.00000289. The molecule has 0 aliphatic carbocycles. The van der Waals surface area contributed by atoms with Crippen LogP contribution in [0, 0.1) is 12.7 Å². The summed E-state index contributed by atoms with van der Waals surface area (Å²) in [6, 6.07) is 13.4. The first-order valence-corrected chi connectivity index (χ1v) is 10.6. The highest BCUT2D eigenvalue weighted by Crippen LogP contribution is 2.21. The molecular formula is C23H29FIN7. The quantitative estimate of drug-likeness (QED) is 0.279. The van der Waals surface area contributed by atoms with Crippen molar-refractivity contribution in [3.8, 4) is 5.69 Å². The lowest BCUT2D eigenvalue weighted by Gasteiger charge is -2.20. The molecule has 170 valence electrons. The number of aryl methyl sites for hydroxylation is 1. The Morgan fingerprint density at radius 2 is 2.06 bits per heavy atom. The van der Waals surface area contributed by atoms with Gasteiger partial charge in [0.05, 0.1) is 17.9 Å². The molecule has 4 rings (SSSR count). The maximum atomic E-state index is 14.1. The van der Waals surface area contributed by atoms with Gasteiger partial charge in [-0.15, -0.1) is 24.0 Å². The van der Waals surface area contributed by atoms with Gasteiger partial charge in [-0.2, -0.15) is 5.10 Å². The van der Waals surface area contributed by atoms with Crippen molar-refractivity contribution in [1.29, 1.82) is 0 Å². The average molecular weight is 549 g/mol. The highest BCUT2D eigenvalue weighted by atomic mass is 127. The molecule has 1 fully saturated rings. The van der Waals surface area contributed by atoms with Gasteiger partial charge >= 0.3 is 0 Å². The van der Waals surface area contributed by atoms with E-state index in [2.05, 4.69) is 26.8 Å². The molecule has 0 bridgehead atoms. The number of nitrogens with zero attached hydrogens (tertiary/aromatic N) is 5. The highest BCUT2D eigenvalue weighted by molar-refractivity contribution is 14.0. The Kier molecular flexibility index (Phi) is 8.43. The molecule has 1 aliphatic rings. The van der Waals surface area contributed by atoms with Crippen molar-refractivity contribution < 1.29 is 4.39 Å². The van der Waals surface area contributed by atoms with Crippen molar-refractivity contribution in [1.82, 2.24) is 25.4 Å². The zero-order valence-corrected chi connectivity index (χ0v) is 20.7. The summed E-state index contributed by atoms with van der Waals surface area (Å²) in [6.45, 7) is 6.74. The standard InChI is InChI=1S/C23H28FN7.HI/c1-3-25-23(28-19-11-13-30(16-19)22-20(24)8-6-12-26-22)27-15-18-7-4-5-9-21(18)31-14-10-17(2)29-31;/h4-10,12,14,19H,3,11,13,15-16H2,1-2H3,(H2,25,27,28);1H. The highest BCUT2D eigenvalue weighted by Gasteiger charge is 2.26. The largest absolute Gasteiger partial charge is 0.357 e. The molecule has 3 heterocycles. The molecule has 2 N–H and O–H groups in total. The van der Waals surface area contributed by atoms with Gasteiger partial charge in [-0.1, -0.05) is 18.2 Å². The summed E-state index contributed by atoms with van der Waals surface area (Å²) in [7, 11) is 0. The Labute approximate surface area is 205 Å². The summed E-state index contributed by atoms with van der Waals surface area (Å²) in [5, 5.41) is 11.3. The van der Waals surface area contributed by atoms with Crippen LogP contribution in [0.5, 0.6) is 0 Å². The van der Waals surface area contributed by atoms with E-state index in [1.807, 2.05) is 53.9 Å². The molecule has 1 aliphatic heterocycles. The number of hydrogen-bond donors (Lipinski definition) is 2. The lowest BCUT2D eigenvalue weighted by molar-refractivity contribution is 0.612. The van der Waals surface area contributed by atoms with Gasteiger partial charge in [0, 0.05) is 38.1 Å². The minimum Gasteiger partial charge on any atom is -0.357 e. The Hall–Kier alpha value is -2.69. The zero-order chi connectivity index (χ0) is 21.6. The monoisotopic (exact) mass is 549 g/mol. The van der Waals surface area contributed by atoms with Gasteiger partial charge in [-0.05, 0) is 50.1 Å². The fourth-order valence-corrected chi connectivity index (χ4v) is 3.78. The third-order valence-electron chi connectivity index (χ3n) is 5.28. The summed E-state index contributed by atoms with van der Waals surface area (Å²) < 4.78 is 16.0. The Morgan fingerprint density at radius 1 is 1.22 bits per heavy atom. The van der Waals surface area contributed by atoms with Crippen LogP contribution in [0.15, 0.2) is 59.9 Å². The predicted molar refractivity (Wildman–Crippen MR) is 136 cm³/mol. The molecule has 9 heteroatoms. The van der Waals surface area contributed by atoms with Crippen molar-refractivity contribution in [3.05, 3.63) is 71.9 Å². The van der Waals surface area contributed by atoms with Crippen molar-refractivity contribution >= 4 is 35.8 Å². The molecule has 1 atom stereocenters. The van der Waals surface area contributed by atoms with E-state index in [0.717, 1.165) is 42.4 Å². The fourth-order valence-electron chi connectivity index (χ4n) is 3.78. The molecule has 1 unspecified atom stereocenters. The summed E-state index contributed by atoms with van der Waals surface area (Å²) in [6.07, 6.45) is 4.48. The molecule has 2 aromatic heterocycles. The second kappa shape index (κ2) is 11.3. The molecule has 0 radical (unpaired) electrons. The van der Waals surface area contributed by atoms with Gasteiger partial charge in [0.15, 0.2) is 17.6 Å². The number of para-hydroxylation sites is 1. The van der Waals surface area contributed by atoms with Gasteiger partial charge < -0.3 is 15.5 Å². The first kappa shape index (κ1) is 24.0. The topological polar surface area (TPSA) is 70.4 Å². The number of anilines is 1. The van der Waals surface area contributed by atoms with Crippen molar-refractivity contribution in [3.63, 3.8) is 0 Å². The maximum Gasteiger partial charge on any atom is 0.191 e. The SMILES string of the molecule is CCNC(=NCc1ccccc1-n1ccc(C)n1)NC1CCN(c2ncccc2F)C1.I. The van der Waals surface area contributed by atoms with Gasteiger partial charge in [0.25, 0.3) is 0 Å². The molecule has 1 aromatic carbocycles. The van der Waals surface area contributed by atoms with Crippen LogP contribution in [0.3, 0.4) is 0 Å². The molecule has 32 heavy (non-hydrogen) atoms. The number of benzene rings is 1. The van der Waals surface area contributed by atoms with Gasteiger partial charge in [-0.25, -0.2) is 19.0 Å². The summed E-state index contributed by atoms with van der Waals surface area (Å²) in [4.78, 5) is 11.0.